The van der Waals surface area contributed by atoms with Crippen molar-refractivity contribution in [3.63, 3.8) is 0 Å². The lowest BCUT2D eigenvalue weighted by atomic mass is 9.62. The van der Waals surface area contributed by atoms with Gasteiger partial charge in [0.25, 0.3) is 0 Å². The van der Waals surface area contributed by atoms with E-state index >= 15 is 0 Å². The molecular formula is C25H35NO. The molecule has 0 N–H and O–H groups in total. The molecule has 0 unspecified atom stereocenters. The zero-order valence-electron chi connectivity index (χ0n) is 18.1. The average molecular weight is 366 g/mol. The number of benzene rings is 1. The van der Waals surface area contributed by atoms with Crippen LogP contribution in [0.3, 0.4) is 0 Å². The maximum Gasteiger partial charge on any atom is 0.159 e. The van der Waals surface area contributed by atoms with E-state index < -0.39 is 0 Å². The second kappa shape index (κ2) is 7.30. The molecule has 1 aliphatic rings. The van der Waals surface area contributed by atoms with Crippen LogP contribution in [0.15, 0.2) is 28.9 Å². The summed E-state index contributed by atoms with van der Waals surface area (Å²) in [5.74, 6) is 1.46. The van der Waals surface area contributed by atoms with Crippen LogP contribution in [0.1, 0.15) is 95.7 Å². The molecule has 0 saturated heterocycles. The lowest BCUT2D eigenvalue weighted by molar-refractivity contribution is 0.331. The molecule has 0 atom stereocenters. The van der Waals surface area contributed by atoms with Crippen molar-refractivity contribution >= 4 is 11.6 Å². The molecule has 2 nitrogen and oxygen atoms in total. The van der Waals surface area contributed by atoms with Crippen molar-refractivity contribution in [2.75, 3.05) is 0 Å². The van der Waals surface area contributed by atoms with Crippen LogP contribution in [-0.2, 0) is 17.3 Å². The van der Waals surface area contributed by atoms with Gasteiger partial charge in [-0.2, -0.15) is 0 Å². The zero-order valence-corrected chi connectivity index (χ0v) is 18.1. The number of aromatic nitrogens is 1. The quantitative estimate of drug-likeness (QED) is 0.561. The highest BCUT2D eigenvalue weighted by Crippen LogP contribution is 2.47. The van der Waals surface area contributed by atoms with Gasteiger partial charge in [-0.1, -0.05) is 65.8 Å². The Morgan fingerprint density at radius 2 is 1.74 bits per heavy atom. The predicted molar refractivity (Wildman–Crippen MR) is 115 cm³/mol. The van der Waals surface area contributed by atoms with Gasteiger partial charge in [0.05, 0.1) is 6.20 Å². The lowest BCUT2D eigenvalue weighted by Gasteiger charge is -2.42. The van der Waals surface area contributed by atoms with Gasteiger partial charge in [-0.05, 0) is 76.3 Å². The van der Waals surface area contributed by atoms with Crippen LogP contribution >= 0.6 is 0 Å². The molecule has 1 heterocycles. The van der Waals surface area contributed by atoms with Crippen LogP contribution < -0.4 is 0 Å². The number of fused-ring (bicyclic) bond motifs is 1. The maximum absolute atomic E-state index is 5.37. The molecule has 0 saturated carbocycles. The summed E-state index contributed by atoms with van der Waals surface area (Å²) in [6.07, 6.45) is 8.46. The SMILES string of the molecule is CCC(=Cc1ccno1)c1cc2c(cc1CC(C)C)C(C)(C)CCC2(C)C. The summed E-state index contributed by atoms with van der Waals surface area (Å²) in [6.45, 7) is 16.5. The monoisotopic (exact) mass is 365 g/mol. The van der Waals surface area contributed by atoms with Crippen molar-refractivity contribution in [2.45, 2.75) is 85.0 Å². The summed E-state index contributed by atoms with van der Waals surface area (Å²) in [5.41, 5.74) is 7.75. The summed E-state index contributed by atoms with van der Waals surface area (Å²) in [4.78, 5) is 0. The van der Waals surface area contributed by atoms with Crippen LogP contribution in [0.2, 0.25) is 0 Å². The number of allylic oxidation sites excluding steroid dienone is 1. The third-order valence-corrected chi connectivity index (χ3v) is 6.21. The normalized spacial score (nSPS) is 18.6. The number of rotatable bonds is 5. The van der Waals surface area contributed by atoms with Crippen molar-refractivity contribution in [2.24, 2.45) is 5.92 Å². The van der Waals surface area contributed by atoms with E-state index in [1.54, 1.807) is 11.8 Å². The van der Waals surface area contributed by atoms with Gasteiger partial charge in [-0.15, -0.1) is 0 Å². The first-order valence-electron chi connectivity index (χ1n) is 10.4. The van der Waals surface area contributed by atoms with E-state index in [2.05, 4.69) is 71.8 Å². The third-order valence-electron chi connectivity index (χ3n) is 6.21. The molecular weight excluding hydrogens is 330 g/mol. The van der Waals surface area contributed by atoms with Gasteiger partial charge >= 0.3 is 0 Å². The fourth-order valence-electron chi connectivity index (χ4n) is 4.41. The highest BCUT2D eigenvalue weighted by Gasteiger charge is 2.37. The van der Waals surface area contributed by atoms with Crippen LogP contribution in [0, 0.1) is 5.92 Å². The Bertz CT molecular complexity index is 822. The molecule has 0 fully saturated rings. The summed E-state index contributed by atoms with van der Waals surface area (Å²) < 4.78 is 5.37. The van der Waals surface area contributed by atoms with Crippen molar-refractivity contribution in [1.82, 2.24) is 5.16 Å². The molecule has 1 aromatic carbocycles. The Kier molecular flexibility index (Phi) is 5.38. The Morgan fingerprint density at radius 1 is 1.11 bits per heavy atom. The summed E-state index contributed by atoms with van der Waals surface area (Å²) in [7, 11) is 0. The Labute approximate surface area is 165 Å². The molecule has 2 heteroatoms. The summed E-state index contributed by atoms with van der Waals surface area (Å²) in [6, 6.07) is 6.96. The smallest absolute Gasteiger partial charge is 0.159 e. The first-order chi connectivity index (χ1) is 12.6. The van der Waals surface area contributed by atoms with E-state index in [9.17, 15) is 0 Å². The largest absolute Gasteiger partial charge is 0.357 e. The highest BCUT2D eigenvalue weighted by molar-refractivity contribution is 5.82. The topological polar surface area (TPSA) is 26.0 Å². The van der Waals surface area contributed by atoms with E-state index in [1.165, 1.54) is 35.1 Å². The maximum atomic E-state index is 5.37. The molecule has 0 bridgehead atoms. The van der Waals surface area contributed by atoms with Gasteiger partial charge in [0, 0.05) is 6.07 Å². The summed E-state index contributed by atoms with van der Waals surface area (Å²) in [5, 5.41) is 3.87. The lowest BCUT2D eigenvalue weighted by Crippen LogP contribution is -2.34. The van der Waals surface area contributed by atoms with E-state index in [0.717, 1.165) is 18.6 Å². The molecule has 2 aromatic rings. The molecule has 1 aromatic heterocycles. The molecule has 146 valence electrons. The standard InChI is InChI=1S/C25H35NO/c1-8-18(14-20-9-12-26-27-20)21-16-23-22(15-19(21)13-17(2)3)24(4,5)10-11-25(23,6)7/h9,12,14-17H,8,10-11,13H2,1-7H3. The Balaban J connectivity index is 2.23. The van der Waals surface area contributed by atoms with Crippen LogP contribution in [0.5, 0.6) is 0 Å². The molecule has 0 radical (unpaired) electrons. The molecule has 3 rings (SSSR count). The van der Waals surface area contributed by atoms with Gasteiger partial charge < -0.3 is 4.52 Å². The first kappa shape index (κ1) is 19.9. The molecule has 0 aliphatic heterocycles. The summed E-state index contributed by atoms with van der Waals surface area (Å²) >= 11 is 0. The minimum absolute atomic E-state index is 0.223. The van der Waals surface area contributed by atoms with E-state index in [-0.39, 0.29) is 10.8 Å². The Hall–Kier alpha value is -1.83. The average Bonchev–Trinajstić information content (AvgIpc) is 3.09. The second-order valence-corrected chi connectivity index (χ2v) is 9.86. The fraction of sp³-hybridized carbons (Fsp3) is 0.560. The second-order valence-electron chi connectivity index (χ2n) is 9.86. The molecule has 0 amide bonds. The molecule has 0 spiro atoms. The highest BCUT2D eigenvalue weighted by atomic mass is 16.5. The van der Waals surface area contributed by atoms with Gasteiger partial charge in [-0.25, -0.2) is 0 Å². The molecule has 1 aliphatic carbocycles. The van der Waals surface area contributed by atoms with Gasteiger partial charge in [-0.3, -0.25) is 0 Å². The van der Waals surface area contributed by atoms with Crippen molar-refractivity contribution < 1.29 is 4.52 Å². The van der Waals surface area contributed by atoms with Gasteiger partial charge in [0.1, 0.15) is 0 Å². The van der Waals surface area contributed by atoms with Crippen molar-refractivity contribution in [1.29, 1.82) is 0 Å². The van der Waals surface area contributed by atoms with Crippen LogP contribution in [0.4, 0.5) is 0 Å². The fourth-order valence-corrected chi connectivity index (χ4v) is 4.41. The van der Waals surface area contributed by atoms with Gasteiger partial charge in [0.15, 0.2) is 5.76 Å². The Morgan fingerprint density at radius 3 is 2.26 bits per heavy atom. The first-order valence-corrected chi connectivity index (χ1v) is 10.4. The molecule has 27 heavy (non-hydrogen) atoms. The van der Waals surface area contributed by atoms with Crippen molar-refractivity contribution in [3.05, 3.63) is 52.4 Å². The van der Waals surface area contributed by atoms with E-state index in [4.69, 9.17) is 4.52 Å². The third kappa shape index (κ3) is 4.05. The van der Waals surface area contributed by atoms with Crippen LogP contribution in [-0.4, -0.2) is 5.16 Å². The number of nitrogens with zero attached hydrogens (tertiary/aromatic N) is 1. The van der Waals surface area contributed by atoms with E-state index in [1.807, 2.05) is 6.07 Å². The van der Waals surface area contributed by atoms with Crippen molar-refractivity contribution in [3.8, 4) is 0 Å². The minimum Gasteiger partial charge on any atom is -0.357 e. The van der Waals surface area contributed by atoms with E-state index in [0.29, 0.717) is 5.92 Å². The number of hydrogen-bond acceptors (Lipinski definition) is 2. The zero-order chi connectivity index (χ0) is 19.8. The van der Waals surface area contributed by atoms with Crippen LogP contribution in [0.25, 0.3) is 11.6 Å². The predicted octanol–water partition coefficient (Wildman–Crippen LogP) is 7.17. The van der Waals surface area contributed by atoms with Gasteiger partial charge in [0.2, 0.25) is 0 Å². The minimum atomic E-state index is 0.223. The number of hydrogen-bond donors (Lipinski definition) is 0.